The lowest BCUT2D eigenvalue weighted by Crippen LogP contribution is -1.98. The van der Waals surface area contributed by atoms with Gasteiger partial charge in [-0.1, -0.05) is 21.4 Å². The van der Waals surface area contributed by atoms with Crippen molar-refractivity contribution in [2.45, 2.75) is 0 Å². The van der Waals surface area contributed by atoms with Gasteiger partial charge in [0, 0.05) is 6.07 Å². The van der Waals surface area contributed by atoms with Crippen molar-refractivity contribution >= 4 is 14.5 Å². The molecule has 0 aliphatic carbocycles. The van der Waals surface area contributed by atoms with E-state index in [-0.39, 0.29) is 0 Å². The third-order valence-corrected chi connectivity index (χ3v) is 1.77. The Balaban J connectivity index is 3.03. The van der Waals surface area contributed by atoms with Gasteiger partial charge in [0.25, 0.3) is 0 Å². The second kappa shape index (κ2) is 3.03. The van der Waals surface area contributed by atoms with Crippen LogP contribution in [-0.4, -0.2) is 7.11 Å². The van der Waals surface area contributed by atoms with Gasteiger partial charge in [-0.05, 0) is 13.2 Å². The Bertz CT molecular complexity index is 220. The van der Waals surface area contributed by atoms with Gasteiger partial charge in [-0.25, -0.2) is 0 Å². The fourth-order valence-corrected chi connectivity index (χ4v) is 1.21. The molecule has 10 heavy (non-hydrogen) atoms. The second-order valence-electron chi connectivity index (χ2n) is 2.17. The molecule has 1 nitrogen and oxygen atoms in total. The van der Waals surface area contributed by atoms with Crippen molar-refractivity contribution in [2.24, 2.45) is 0 Å². The highest BCUT2D eigenvalue weighted by Crippen LogP contribution is 2.18. The van der Waals surface area contributed by atoms with E-state index in [1.807, 2.05) is 31.4 Å². The van der Waals surface area contributed by atoms with Crippen LogP contribution in [0.2, 0.25) is 0 Å². The van der Waals surface area contributed by atoms with Crippen LogP contribution in [0.4, 0.5) is 0 Å². The number of rotatable bonds is 1. The van der Waals surface area contributed by atoms with E-state index >= 15 is 0 Å². The molecule has 0 spiro atoms. The zero-order chi connectivity index (χ0) is 7.56. The zero-order valence-electron chi connectivity index (χ0n) is 6.00. The quantitative estimate of drug-likeness (QED) is 0.330. The van der Waals surface area contributed by atoms with Crippen LogP contribution in [0.3, 0.4) is 0 Å². The van der Waals surface area contributed by atoms with Crippen molar-refractivity contribution in [3.05, 3.63) is 31.4 Å². The molecule has 1 atom stereocenters. The lowest BCUT2D eigenvalue weighted by Gasteiger charge is -2.22. The molecule has 2 heteroatoms. The van der Waals surface area contributed by atoms with Crippen molar-refractivity contribution in [1.29, 1.82) is 0 Å². The summed E-state index contributed by atoms with van der Waals surface area (Å²) in [6, 6.07) is 8.00. The van der Waals surface area contributed by atoms with Crippen molar-refractivity contribution in [1.82, 2.24) is 0 Å². The monoisotopic (exact) mass is 154 g/mol. The Labute approximate surface area is 63.9 Å². The molecule has 0 bridgehead atoms. The SMILES string of the molecule is [CH2-][O+](C)c1ccccc1P. The molecule has 0 heterocycles. The Kier molecular flexibility index (Phi) is 2.29. The average molecular weight is 154 g/mol. The van der Waals surface area contributed by atoms with E-state index < -0.39 is 0 Å². The summed E-state index contributed by atoms with van der Waals surface area (Å²) < 4.78 is 2.58. The van der Waals surface area contributed by atoms with E-state index in [0.29, 0.717) is 0 Å². The fraction of sp³-hybridized carbons (Fsp3) is 0.125. The molecule has 0 aromatic heterocycles. The minimum absolute atomic E-state index is 1.06. The minimum Gasteiger partial charge on any atom is -0.713 e. The summed E-state index contributed by atoms with van der Waals surface area (Å²) >= 11 is 0. The van der Waals surface area contributed by atoms with E-state index in [4.69, 9.17) is 0 Å². The van der Waals surface area contributed by atoms with Gasteiger partial charge in [0.1, 0.15) is 7.11 Å². The first kappa shape index (κ1) is 7.56. The molecule has 0 amide bonds. The molecule has 1 aromatic carbocycles. The third-order valence-electron chi connectivity index (χ3n) is 1.29. The van der Waals surface area contributed by atoms with Crippen molar-refractivity contribution < 1.29 is 4.37 Å². The Morgan fingerprint density at radius 3 is 2.40 bits per heavy atom. The maximum atomic E-state index is 3.71. The Morgan fingerprint density at radius 2 is 2.00 bits per heavy atom. The van der Waals surface area contributed by atoms with Crippen LogP contribution in [-0.2, 0) is 4.37 Å². The smallest absolute Gasteiger partial charge is 0.233 e. The van der Waals surface area contributed by atoms with Crippen LogP contribution in [0, 0.1) is 7.11 Å². The highest BCUT2D eigenvalue weighted by Gasteiger charge is 1.99. The van der Waals surface area contributed by atoms with Crippen molar-refractivity contribution in [3.8, 4) is 5.75 Å². The highest BCUT2D eigenvalue weighted by atomic mass is 31.0. The van der Waals surface area contributed by atoms with Gasteiger partial charge in [0.15, 0.2) is 0 Å². The summed E-state index contributed by atoms with van der Waals surface area (Å²) in [4.78, 5) is 0. The van der Waals surface area contributed by atoms with Gasteiger partial charge >= 0.3 is 0 Å². The molecule has 1 aromatic rings. The predicted octanol–water partition coefficient (Wildman–Crippen LogP) is 1.87. The summed E-state index contributed by atoms with van der Waals surface area (Å²) in [5, 5.41) is 1.14. The van der Waals surface area contributed by atoms with Crippen molar-refractivity contribution in [3.63, 3.8) is 0 Å². The molecular weight excluding hydrogens is 143 g/mol. The topological polar surface area (TPSA) is 2.70 Å². The van der Waals surface area contributed by atoms with Gasteiger partial charge in [-0.2, -0.15) is 0 Å². The van der Waals surface area contributed by atoms with Crippen LogP contribution < -0.4 is 5.30 Å². The molecule has 1 rings (SSSR count). The molecular formula is C8H11OP. The first-order valence-corrected chi connectivity index (χ1v) is 3.59. The number of hydrogen-bond donors (Lipinski definition) is 0. The number of para-hydroxylation sites is 1. The van der Waals surface area contributed by atoms with E-state index in [2.05, 4.69) is 20.7 Å². The average Bonchev–Trinajstić information content (AvgIpc) is 1.88. The standard InChI is InChI=1S/C8H11OP/c1-9(2)7-5-3-4-6-8(7)10/h3-6H,1,10H2,2H3. The summed E-state index contributed by atoms with van der Waals surface area (Å²) in [6.07, 6.45) is 0. The van der Waals surface area contributed by atoms with Gasteiger partial charge in [-0.3, -0.25) is 0 Å². The largest absolute Gasteiger partial charge is 0.713 e. The molecule has 0 aliphatic heterocycles. The predicted molar refractivity (Wildman–Crippen MR) is 47.6 cm³/mol. The molecule has 54 valence electrons. The first-order chi connectivity index (χ1) is 4.72. The highest BCUT2D eigenvalue weighted by molar-refractivity contribution is 7.27. The normalized spacial score (nSPS) is 9.50. The minimum atomic E-state index is 1.06. The number of benzene rings is 1. The summed E-state index contributed by atoms with van der Waals surface area (Å²) in [6.45, 7) is 0. The van der Waals surface area contributed by atoms with Gasteiger partial charge in [0.2, 0.25) is 5.75 Å². The van der Waals surface area contributed by atoms with E-state index in [1.54, 1.807) is 0 Å². The fourth-order valence-electron chi connectivity index (χ4n) is 0.798. The van der Waals surface area contributed by atoms with Crippen LogP contribution in [0.1, 0.15) is 0 Å². The van der Waals surface area contributed by atoms with Crippen molar-refractivity contribution in [2.75, 3.05) is 7.11 Å². The maximum Gasteiger partial charge on any atom is 0.233 e. The lowest BCUT2D eigenvalue weighted by molar-refractivity contribution is 0.0938. The van der Waals surface area contributed by atoms with Gasteiger partial charge in [-0.15, -0.1) is 0 Å². The second-order valence-corrected chi connectivity index (χ2v) is 2.80. The summed E-state index contributed by atoms with van der Waals surface area (Å²) in [5.74, 6) is 1.06. The van der Waals surface area contributed by atoms with Gasteiger partial charge in [0.05, 0.1) is 5.30 Å². The molecule has 1 unspecified atom stereocenters. The Morgan fingerprint density at radius 1 is 1.40 bits per heavy atom. The number of hydrogen-bond acceptors (Lipinski definition) is 0. The van der Waals surface area contributed by atoms with Crippen LogP contribution in [0.5, 0.6) is 5.75 Å². The zero-order valence-corrected chi connectivity index (χ0v) is 7.16. The third kappa shape index (κ3) is 1.48. The lowest BCUT2D eigenvalue weighted by atomic mass is 10.3. The molecule has 0 N–H and O–H groups in total. The van der Waals surface area contributed by atoms with Gasteiger partial charge < -0.3 is 4.37 Å². The molecule has 0 fully saturated rings. The summed E-state index contributed by atoms with van der Waals surface area (Å²) in [5.41, 5.74) is 0. The van der Waals surface area contributed by atoms with E-state index in [0.717, 1.165) is 11.1 Å². The van der Waals surface area contributed by atoms with Crippen LogP contribution in [0.25, 0.3) is 0 Å². The molecule has 0 saturated heterocycles. The Hall–Kier alpha value is -0.550. The van der Waals surface area contributed by atoms with Crippen LogP contribution in [0.15, 0.2) is 24.3 Å². The van der Waals surface area contributed by atoms with E-state index in [9.17, 15) is 0 Å². The first-order valence-electron chi connectivity index (χ1n) is 3.02. The molecule has 0 radical (unpaired) electrons. The van der Waals surface area contributed by atoms with E-state index in [1.165, 1.54) is 0 Å². The summed E-state index contributed by atoms with van der Waals surface area (Å²) in [7, 11) is 8.21. The van der Waals surface area contributed by atoms with Crippen LogP contribution >= 0.6 is 9.24 Å². The molecule has 0 saturated carbocycles. The molecule has 0 aliphatic rings. The maximum absolute atomic E-state index is 3.71.